The number of halogens is 2. The molecule has 3 aromatic rings. The number of piperidine rings is 1. The Kier molecular flexibility index (Phi) is 7.15. The highest BCUT2D eigenvalue weighted by molar-refractivity contribution is 6.23. The number of alkyl halides is 2. The van der Waals surface area contributed by atoms with Gasteiger partial charge in [0.2, 0.25) is 11.8 Å². The van der Waals surface area contributed by atoms with E-state index in [9.17, 15) is 28.0 Å². The van der Waals surface area contributed by atoms with Crippen LogP contribution in [0.3, 0.4) is 0 Å². The Morgan fingerprint density at radius 1 is 0.936 bits per heavy atom. The van der Waals surface area contributed by atoms with E-state index in [0.29, 0.717) is 43.3 Å². The molecule has 5 aliphatic rings. The van der Waals surface area contributed by atoms with Gasteiger partial charge in [-0.25, -0.2) is 13.5 Å². The van der Waals surface area contributed by atoms with Crippen molar-refractivity contribution in [3.63, 3.8) is 0 Å². The summed E-state index contributed by atoms with van der Waals surface area (Å²) in [5, 5.41) is 22.7. The first kappa shape index (κ1) is 29.8. The molecular weight excluding hydrogens is 614 g/mol. The van der Waals surface area contributed by atoms with E-state index in [1.807, 2.05) is 4.68 Å². The molecule has 4 amide bonds. The lowest BCUT2D eigenvalue weighted by atomic mass is 9.90. The van der Waals surface area contributed by atoms with Gasteiger partial charge in [0.05, 0.1) is 22.9 Å². The van der Waals surface area contributed by atoms with E-state index in [-0.39, 0.29) is 49.3 Å². The van der Waals surface area contributed by atoms with Crippen LogP contribution in [0.4, 0.5) is 14.5 Å². The minimum absolute atomic E-state index is 0.0525. The number of rotatable bonds is 6. The second-order valence-electron chi connectivity index (χ2n) is 13.1. The number of fused-ring (bicyclic) bond motifs is 2. The zero-order valence-electron chi connectivity index (χ0n) is 25.6. The highest BCUT2D eigenvalue weighted by Gasteiger charge is 2.45. The van der Waals surface area contributed by atoms with Gasteiger partial charge in [0.1, 0.15) is 12.1 Å². The van der Waals surface area contributed by atoms with Gasteiger partial charge in [-0.05, 0) is 54.3 Å². The number of imide groups is 2. The number of aromatic amines is 1. The second-order valence-corrected chi connectivity index (χ2v) is 13.1. The molecule has 2 atom stereocenters. The van der Waals surface area contributed by atoms with Crippen molar-refractivity contribution in [2.45, 2.75) is 81.8 Å². The molecule has 0 bridgehead atoms. The number of carbonyl (C=O) groups excluding carboxylic acids is 4. The van der Waals surface area contributed by atoms with Gasteiger partial charge in [0, 0.05) is 62.4 Å². The van der Waals surface area contributed by atoms with Crippen LogP contribution in [-0.4, -0.2) is 102 Å². The summed E-state index contributed by atoms with van der Waals surface area (Å²) in [4.78, 5) is 55.9. The predicted molar refractivity (Wildman–Crippen MR) is 160 cm³/mol. The minimum Gasteiger partial charge on any atom is -0.369 e. The molecule has 2 N–H and O–H groups in total. The molecule has 2 saturated heterocycles. The maximum atomic E-state index is 14.7. The average molecular weight is 649 g/mol. The predicted octanol–water partition coefficient (Wildman–Crippen LogP) is 1.95. The Labute approximate surface area is 267 Å². The second kappa shape index (κ2) is 11.3. The van der Waals surface area contributed by atoms with Crippen molar-refractivity contribution in [3.05, 3.63) is 52.1 Å². The smallest absolute Gasteiger partial charge is 0.262 e. The van der Waals surface area contributed by atoms with Gasteiger partial charge in [-0.15, -0.1) is 5.10 Å². The van der Waals surface area contributed by atoms with Crippen LogP contribution in [0, 0.1) is 0 Å². The molecule has 1 saturated carbocycles. The number of nitrogens with zero attached hydrogens (tertiary/aromatic N) is 8. The number of aryl methyl sites for hydroxylation is 1. The van der Waals surface area contributed by atoms with Crippen molar-refractivity contribution in [3.8, 4) is 0 Å². The summed E-state index contributed by atoms with van der Waals surface area (Å²) >= 11 is 0. The third-order valence-electron chi connectivity index (χ3n) is 10.3. The molecule has 3 fully saturated rings. The van der Waals surface area contributed by atoms with E-state index in [4.69, 9.17) is 0 Å². The van der Waals surface area contributed by atoms with E-state index in [0.717, 1.165) is 42.0 Å². The molecule has 14 nitrogen and oxygen atoms in total. The Hall–Kier alpha value is -4.60. The largest absolute Gasteiger partial charge is 0.369 e. The monoisotopic (exact) mass is 648 g/mol. The summed E-state index contributed by atoms with van der Waals surface area (Å²) in [7, 11) is 0. The number of carbonyl (C=O) groups is 4. The number of anilines is 1. The number of piperazine rings is 1. The van der Waals surface area contributed by atoms with E-state index < -0.39 is 41.6 Å². The van der Waals surface area contributed by atoms with E-state index in [1.54, 1.807) is 18.2 Å². The van der Waals surface area contributed by atoms with Gasteiger partial charge in [-0.1, -0.05) is 12.8 Å². The molecule has 2 unspecified atom stereocenters. The quantitative estimate of drug-likeness (QED) is 0.378. The van der Waals surface area contributed by atoms with Gasteiger partial charge in [-0.2, -0.15) is 5.10 Å². The third-order valence-corrected chi connectivity index (χ3v) is 10.3. The van der Waals surface area contributed by atoms with Crippen LogP contribution in [0.15, 0.2) is 18.2 Å². The molecule has 2 aromatic heterocycles. The van der Waals surface area contributed by atoms with Gasteiger partial charge >= 0.3 is 0 Å². The molecule has 0 radical (unpaired) electrons. The molecule has 1 aromatic carbocycles. The number of benzene rings is 1. The van der Waals surface area contributed by atoms with Crippen LogP contribution in [0.2, 0.25) is 0 Å². The fourth-order valence-electron chi connectivity index (χ4n) is 7.84. The Balaban J connectivity index is 1.05. The Morgan fingerprint density at radius 2 is 1.70 bits per heavy atom. The standard InChI is InChI=1S/C31H34F2N10O4/c32-31(33)10-9-22-21(16-31)25(36-35-22)26(27-37-38-39-43(27)17-3-1-2-4-17)41-13-11-40(12-14-41)18-5-6-19-20(15-18)30(47)42(29(19)46)23-7-8-24(44)34-28(23)45/h5-6,15,17,23,26H,1-4,7-14,16H2,(H,35,36)(H,34,44,45). The first-order valence-corrected chi connectivity index (χ1v) is 16.2. The number of nitrogens with one attached hydrogen (secondary N) is 2. The van der Waals surface area contributed by atoms with Crippen LogP contribution in [0.5, 0.6) is 0 Å². The molecule has 8 rings (SSSR count). The van der Waals surface area contributed by atoms with E-state index in [1.165, 1.54) is 0 Å². The van der Waals surface area contributed by atoms with Gasteiger partial charge < -0.3 is 4.90 Å². The Morgan fingerprint density at radius 3 is 2.47 bits per heavy atom. The zero-order chi connectivity index (χ0) is 32.4. The van der Waals surface area contributed by atoms with Crippen molar-refractivity contribution in [2.24, 2.45) is 0 Å². The van der Waals surface area contributed by atoms with Crippen molar-refractivity contribution < 1.29 is 28.0 Å². The first-order chi connectivity index (χ1) is 22.7. The summed E-state index contributed by atoms with van der Waals surface area (Å²) in [5.74, 6) is -4.39. The summed E-state index contributed by atoms with van der Waals surface area (Å²) in [6.07, 6.45) is 3.84. The lowest BCUT2D eigenvalue weighted by Crippen LogP contribution is -2.54. The van der Waals surface area contributed by atoms with Gasteiger partial charge in [0.25, 0.3) is 17.7 Å². The molecule has 5 heterocycles. The lowest BCUT2D eigenvalue weighted by molar-refractivity contribution is -0.136. The molecule has 2 aliphatic carbocycles. The number of H-pyrrole nitrogens is 1. The topological polar surface area (TPSA) is 162 Å². The number of hydrogen-bond acceptors (Lipinski definition) is 10. The molecule has 246 valence electrons. The Bertz CT molecular complexity index is 1770. The minimum atomic E-state index is -2.81. The maximum Gasteiger partial charge on any atom is 0.262 e. The van der Waals surface area contributed by atoms with E-state index in [2.05, 4.69) is 40.8 Å². The van der Waals surface area contributed by atoms with Crippen molar-refractivity contribution >= 4 is 29.3 Å². The molecule has 47 heavy (non-hydrogen) atoms. The highest BCUT2D eigenvalue weighted by atomic mass is 19.3. The summed E-state index contributed by atoms with van der Waals surface area (Å²) in [5.41, 5.74) is 3.00. The fourth-order valence-corrected chi connectivity index (χ4v) is 7.84. The number of hydrogen-bond donors (Lipinski definition) is 2. The van der Waals surface area contributed by atoms with Crippen LogP contribution >= 0.6 is 0 Å². The maximum absolute atomic E-state index is 14.7. The zero-order valence-corrected chi connectivity index (χ0v) is 25.6. The van der Waals surface area contributed by atoms with Crippen LogP contribution in [-0.2, 0) is 22.4 Å². The summed E-state index contributed by atoms with van der Waals surface area (Å²) < 4.78 is 31.2. The SMILES string of the molecule is O=C1CCC(N2C(=O)c3ccc(N4CCN(C(c5n[nH]c6c5CC(F)(F)CC6)c5nnnn5C5CCCC5)CC4)cc3C2=O)C(=O)N1. The van der Waals surface area contributed by atoms with Gasteiger partial charge in [-0.3, -0.25) is 39.4 Å². The van der Waals surface area contributed by atoms with Crippen LogP contribution in [0.1, 0.15) is 101 Å². The molecule has 0 spiro atoms. The van der Waals surface area contributed by atoms with Crippen molar-refractivity contribution in [2.75, 3.05) is 31.1 Å². The molecule has 16 heteroatoms. The summed E-state index contributed by atoms with van der Waals surface area (Å²) in [6, 6.07) is 3.67. The van der Waals surface area contributed by atoms with Crippen LogP contribution < -0.4 is 10.2 Å². The molecular formula is C31H34F2N10O4. The highest BCUT2D eigenvalue weighted by Crippen LogP contribution is 2.40. The first-order valence-electron chi connectivity index (χ1n) is 16.2. The van der Waals surface area contributed by atoms with Crippen molar-refractivity contribution in [1.29, 1.82) is 0 Å². The average Bonchev–Trinajstić information content (AvgIpc) is 3.87. The van der Waals surface area contributed by atoms with Gasteiger partial charge in [0.15, 0.2) is 5.82 Å². The van der Waals surface area contributed by atoms with Crippen LogP contribution in [0.25, 0.3) is 0 Å². The normalized spacial score (nSPS) is 24.1. The number of amides is 4. The van der Waals surface area contributed by atoms with E-state index >= 15 is 0 Å². The fraction of sp³-hybridized carbons (Fsp3) is 0.548. The number of aromatic nitrogens is 6. The molecule has 3 aliphatic heterocycles. The third kappa shape index (κ3) is 5.09. The number of tetrazole rings is 1. The lowest BCUT2D eigenvalue weighted by Gasteiger charge is -2.40. The van der Waals surface area contributed by atoms with Crippen molar-refractivity contribution in [1.82, 2.24) is 45.5 Å². The summed E-state index contributed by atoms with van der Waals surface area (Å²) in [6.45, 7) is 2.16.